The van der Waals surface area contributed by atoms with Gasteiger partial charge in [-0.05, 0) is 23.8 Å². The van der Waals surface area contributed by atoms with Gasteiger partial charge in [0.1, 0.15) is 0 Å². The van der Waals surface area contributed by atoms with Gasteiger partial charge in [-0.3, -0.25) is 0 Å². The van der Waals surface area contributed by atoms with E-state index in [0.717, 1.165) is 5.56 Å². The summed E-state index contributed by atoms with van der Waals surface area (Å²) in [7, 11) is 3.44. The SMILES string of the molecule is CON(C)Cc1cc(Cl)ccc1Cl. The molecule has 0 aliphatic heterocycles. The van der Waals surface area contributed by atoms with E-state index in [1.807, 2.05) is 13.1 Å². The third kappa shape index (κ3) is 3.16. The second-order valence-electron chi connectivity index (χ2n) is 2.70. The van der Waals surface area contributed by atoms with Crippen molar-refractivity contribution in [3.63, 3.8) is 0 Å². The van der Waals surface area contributed by atoms with Crippen LogP contribution in [0.3, 0.4) is 0 Å². The number of benzene rings is 1. The molecule has 0 saturated carbocycles. The van der Waals surface area contributed by atoms with Crippen molar-refractivity contribution in [3.05, 3.63) is 33.8 Å². The summed E-state index contributed by atoms with van der Waals surface area (Å²) < 4.78 is 0. The van der Waals surface area contributed by atoms with E-state index >= 15 is 0 Å². The molecule has 0 radical (unpaired) electrons. The quantitative estimate of drug-likeness (QED) is 0.726. The highest BCUT2D eigenvalue weighted by Crippen LogP contribution is 2.21. The van der Waals surface area contributed by atoms with Gasteiger partial charge in [0.05, 0.1) is 13.7 Å². The van der Waals surface area contributed by atoms with Crippen LogP contribution in [0.1, 0.15) is 5.56 Å². The van der Waals surface area contributed by atoms with Crippen LogP contribution < -0.4 is 0 Å². The minimum atomic E-state index is 0.621. The van der Waals surface area contributed by atoms with Gasteiger partial charge in [-0.25, -0.2) is 0 Å². The summed E-state index contributed by atoms with van der Waals surface area (Å²) in [4.78, 5) is 4.98. The van der Waals surface area contributed by atoms with Crippen molar-refractivity contribution < 1.29 is 4.84 Å². The van der Waals surface area contributed by atoms with Gasteiger partial charge in [0.15, 0.2) is 0 Å². The molecule has 0 aliphatic carbocycles. The molecule has 0 N–H and O–H groups in total. The predicted octanol–water partition coefficient (Wildman–Crippen LogP) is 2.99. The third-order valence-electron chi connectivity index (χ3n) is 1.71. The van der Waals surface area contributed by atoms with E-state index in [4.69, 9.17) is 28.0 Å². The number of hydrogen-bond acceptors (Lipinski definition) is 2. The summed E-state index contributed by atoms with van der Waals surface area (Å²) in [6.07, 6.45) is 0. The average Bonchev–Trinajstić information content (AvgIpc) is 2.11. The van der Waals surface area contributed by atoms with Crippen molar-refractivity contribution in [2.24, 2.45) is 0 Å². The maximum absolute atomic E-state index is 5.96. The molecule has 0 unspecified atom stereocenters. The van der Waals surface area contributed by atoms with Crippen molar-refractivity contribution in [2.75, 3.05) is 14.2 Å². The molecule has 4 heteroatoms. The summed E-state index contributed by atoms with van der Waals surface area (Å²) in [5.41, 5.74) is 0.957. The molecule has 13 heavy (non-hydrogen) atoms. The van der Waals surface area contributed by atoms with Crippen LogP contribution in [0.25, 0.3) is 0 Å². The Labute approximate surface area is 88.0 Å². The van der Waals surface area contributed by atoms with Gasteiger partial charge in [-0.2, -0.15) is 5.06 Å². The van der Waals surface area contributed by atoms with Crippen molar-refractivity contribution in [3.8, 4) is 0 Å². The van der Waals surface area contributed by atoms with Crippen LogP contribution in [0.15, 0.2) is 18.2 Å². The first-order valence-electron chi connectivity index (χ1n) is 3.82. The first-order chi connectivity index (χ1) is 6.13. The molecule has 0 saturated heterocycles. The van der Waals surface area contributed by atoms with Gasteiger partial charge < -0.3 is 4.84 Å². The van der Waals surface area contributed by atoms with E-state index < -0.39 is 0 Å². The minimum Gasteiger partial charge on any atom is -0.302 e. The minimum absolute atomic E-state index is 0.621. The van der Waals surface area contributed by atoms with Crippen LogP contribution in [0.4, 0.5) is 0 Å². The predicted molar refractivity (Wildman–Crippen MR) is 54.9 cm³/mol. The molecule has 2 nitrogen and oxygen atoms in total. The molecule has 0 atom stereocenters. The molecular formula is C9H11Cl2NO. The first-order valence-corrected chi connectivity index (χ1v) is 4.58. The number of halogens is 2. The number of rotatable bonds is 3. The molecule has 0 bridgehead atoms. The third-order valence-corrected chi connectivity index (χ3v) is 2.32. The Kier molecular flexibility index (Phi) is 4.00. The van der Waals surface area contributed by atoms with Crippen molar-refractivity contribution >= 4 is 23.2 Å². The van der Waals surface area contributed by atoms with Crippen molar-refractivity contribution in [1.29, 1.82) is 0 Å². The maximum atomic E-state index is 5.96. The van der Waals surface area contributed by atoms with Crippen molar-refractivity contribution in [2.45, 2.75) is 6.54 Å². The van der Waals surface area contributed by atoms with E-state index in [2.05, 4.69) is 0 Å². The Morgan fingerprint density at radius 2 is 2.08 bits per heavy atom. The zero-order valence-corrected chi connectivity index (χ0v) is 9.06. The van der Waals surface area contributed by atoms with Gasteiger partial charge >= 0.3 is 0 Å². The fourth-order valence-corrected chi connectivity index (χ4v) is 1.34. The van der Waals surface area contributed by atoms with Crippen LogP contribution in [0.5, 0.6) is 0 Å². The fraction of sp³-hybridized carbons (Fsp3) is 0.333. The van der Waals surface area contributed by atoms with E-state index in [0.29, 0.717) is 16.6 Å². The lowest BCUT2D eigenvalue weighted by Gasteiger charge is -2.14. The topological polar surface area (TPSA) is 12.5 Å². The summed E-state index contributed by atoms with van der Waals surface area (Å²) in [5.74, 6) is 0. The highest BCUT2D eigenvalue weighted by molar-refractivity contribution is 6.33. The molecule has 0 aromatic heterocycles. The lowest BCUT2D eigenvalue weighted by molar-refractivity contribution is -0.116. The largest absolute Gasteiger partial charge is 0.302 e. The van der Waals surface area contributed by atoms with E-state index in [1.165, 1.54) is 0 Å². The van der Waals surface area contributed by atoms with Crippen LogP contribution in [-0.4, -0.2) is 19.2 Å². The van der Waals surface area contributed by atoms with Gasteiger partial charge in [0, 0.05) is 17.1 Å². The molecule has 1 rings (SSSR count). The summed E-state index contributed by atoms with van der Waals surface area (Å²) in [6.45, 7) is 0.621. The number of hydrogen-bond donors (Lipinski definition) is 0. The maximum Gasteiger partial charge on any atom is 0.0575 e. The van der Waals surface area contributed by atoms with Crippen LogP contribution in [0, 0.1) is 0 Å². The molecular weight excluding hydrogens is 209 g/mol. The van der Waals surface area contributed by atoms with Crippen LogP contribution >= 0.6 is 23.2 Å². The highest BCUT2D eigenvalue weighted by atomic mass is 35.5. The standard InChI is InChI=1S/C9H11Cl2NO/c1-12(13-2)6-7-5-8(10)3-4-9(7)11/h3-5H,6H2,1-2H3. The van der Waals surface area contributed by atoms with Crippen LogP contribution in [0.2, 0.25) is 10.0 Å². The summed E-state index contributed by atoms with van der Waals surface area (Å²) >= 11 is 11.8. The van der Waals surface area contributed by atoms with Gasteiger partial charge in [-0.15, -0.1) is 0 Å². The molecule has 0 aliphatic rings. The first kappa shape index (κ1) is 10.8. The number of hydroxylamine groups is 2. The molecule has 0 spiro atoms. The van der Waals surface area contributed by atoms with Crippen molar-refractivity contribution in [1.82, 2.24) is 5.06 Å². The Balaban J connectivity index is 2.81. The average molecular weight is 220 g/mol. The summed E-state index contributed by atoms with van der Waals surface area (Å²) in [6, 6.07) is 5.38. The molecule has 0 amide bonds. The molecule has 72 valence electrons. The lowest BCUT2D eigenvalue weighted by Crippen LogP contribution is -2.15. The lowest BCUT2D eigenvalue weighted by atomic mass is 10.2. The smallest absolute Gasteiger partial charge is 0.0575 e. The molecule has 0 fully saturated rings. The monoisotopic (exact) mass is 219 g/mol. The van der Waals surface area contributed by atoms with Gasteiger partial charge in [0.25, 0.3) is 0 Å². The van der Waals surface area contributed by atoms with E-state index in [1.54, 1.807) is 24.3 Å². The Morgan fingerprint density at radius 1 is 1.38 bits per heavy atom. The second-order valence-corrected chi connectivity index (χ2v) is 3.55. The fourth-order valence-electron chi connectivity index (χ4n) is 0.969. The molecule has 1 aromatic rings. The van der Waals surface area contributed by atoms with E-state index in [-0.39, 0.29) is 0 Å². The number of nitrogens with zero attached hydrogens (tertiary/aromatic N) is 1. The second kappa shape index (κ2) is 4.82. The zero-order valence-electron chi connectivity index (χ0n) is 7.55. The Morgan fingerprint density at radius 3 is 2.69 bits per heavy atom. The van der Waals surface area contributed by atoms with Crippen LogP contribution in [-0.2, 0) is 11.4 Å². The van der Waals surface area contributed by atoms with E-state index in [9.17, 15) is 0 Å². The van der Waals surface area contributed by atoms with Gasteiger partial charge in [-0.1, -0.05) is 23.2 Å². The zero-order chi connectivity index (χ0) is 9.84. The molecule has 1 aromatic carbocycles. The Hall–Kier alpha value is -0.280. The summed E-state index contributed by atoms with van der Waals surface area (Å²) in [5, 5.41) is 3.06. The van der Waals surface area contributed by atoms with Gasteiger partial charge in [0.2, 0.25) is 0 Å². The highest BCUT2D eigenvalue weighted by Gasteiger charge is 2.04. The molecule has 0 heterocycles. The normalized spacial score (nSPS) is 10.8. The Bertz CT molecular complexity index is 291.